The summed E-state index contributed by atoms with van der Waals surface area (Å²) in [6.07, 6.45) is -6.02. The molecule has 4 amide bonds. The van der Waals surface area contributed by atoms with Crippen LogP contribution in [0.15, 0.2) is 18.2 Å². The van der Waals surface area contributed by atoms with Gasteiger partial charge in [-0.05, 0) is 31.0 Å². The van der Waals surface area contributed by atoms with Gasteiger partial charge in [-0.3, -0.25) is 29.0 Å². The van der Waals surface area contributed by atoms with Gasteiger partial charge in [0.1, 0.15) is 0 Å². The lowest BCUT2D eigenvalue weighted by molar-refractivity contribution is -0.399. The van der Waals surface area contributed by atoms with Gasteiger partial charge in [-0.1, -0.05) is 26.7 Å². The van der Waals surface area contributed by atoms with E-state index in [9.17, 15) is 49.9 Å². The quantitative estimate of drug-likeness (QED) is 0.243. The van der Waals surface area contributed by atoms with Gasteiger partial charge in [0.15, 0.2) is 0 Å². The molecule has 6 nitrogen and oxygen atoms in total. The molecule has 0 bridgehead atoms. The van der Waals surface area contributed by atoms with E-state index >= 15 is 8.78 Å². The predicted molar refractivity (Wildman–Crippen MR) is 124 cm³/mol. The van der Waals surface area contributed by atoms with Gasteiger partial charge < -0.3 is 0 Å². The van der Waals surface area contributed by atoms with E-state index in [0.29, 0.717) is 22.6 Å². The zero-order chi connectivity index (χ0) is 30.9. The van der Waals surface area contributed by atoms with Gasteiger partial charge >= 0.3 is 23.9 Å². The Morgan fingerprint density at radius 3 is 1.51 bits per heavy atom. The monoisotopic (exact) mass is 596 g/mol. The third-order valence-electron chi connectivity index (χ3n) is 7.12. The van der Waals surface area contributed by atoms with E-state index in [2.05, 4.69) is 0 Å². The van der Waals surface area contributed by atoms with E-state index in [-0.39, 0.29) is 31.0 Å². The maximum Gasteiger partial charge on any atom is 0.460 e. The van der Waals surface area contributed by atoms with Crippen LogP contribution >= 0.6 is 0 Å². The summed E-state index contributed by atoms with van der Waals surface area (Å²) in [7, 11) is 0. The summed E-state index contributed by atoms with van der Waals surface area (Å²) in [6.45, 7) is 2.61. The van der Waals surface area contributed by atoms with Crippen LogP contribution in [0.4, 0.5) is 39.5 Å². The third-order valence-corrected chi connectivity index (χ3v) is 7.12. The molecule has 0 saturated heterocycles. The van der Waals surface area contributed by atoms with Crippen molar-refractivity contribution in [2.45, 2.75) is 63.5 Å². The van der Waals surface area contributed by atoms with Crippen molar-refractivity contribution < 1.29 is 58.7 Å². The maximum absolute atomic E-state index is 15.5. The molecule has 0 spiro atoms. The first-order valence-electron chi connectivity index (χ1n) is 12.4. The summed E-state index contributed by atoms with van der Waals surface area (Å²) < 4.78 is 127. The molecule has 0 unspecified atom stereocenters. The molecule has 4 rings (SSSR count). The lowest BCUT2D eigenvalue weighted by Crippen LogP contribution is -2.60. The van der Waals surface area contributed by atoms with E-state index in [1.807, 2.05) is 0 Å². The Morgan fingerprint density at radius 2 is 1.05 bits per heavy atom. The number of alkyl halides is 9. The number of amides is 4. The number of carbonyl (C=O) groups is 4. The van der Waals surface area contributed by atoms with E-state index in [4.69, 9.17) is 0 Å². The van der Waals surface area contributed by atoms with Crippen LogP contribution in [0.2, 0.25) is 0 Å². The highest BCUT2D eigenvalue weighted by Crippen LogP contribution is 2.58. The van der Waals surface area contributed by atoms with Crippen molar-refractivity contribution in [1.82, 2.24) is 9.80 Å². The number of nitrogens with zero attached hydrogens (tertiary/aromatic N) is 2. The van der Waals surface area contributed by atoms with Gasteiger partial charge in [0.05, 0.1) is 5.56 Å². The molecule has 0 aliphatic carbocycles. The number of hydrogen-bond donors (Lipinski definition) is 0. The van der Waals surface area contributed by atoms with Crippen LogP contribution in [0.3, 0.4) is 0 Å². The number of hydrogen-bond acceptors (Lipinski definition) is 4. The first-order chi connectivity index (χ1) is 18.9. The number of benzene rings is 2. The zero-order valence-electron chi connectivity index (χ0n) is 21.4. The Balaban J connectivity index is 2.14. The van der Waals surface area contributed by atoms with E-state index in [0.717, 1.165) is 12.1 Å². The maximum atomic E-state index is 15.5. The summed E-state index contributed by atoms with van der Waals surface area (Å²) >= 11 is 0. The van der Waals surface area contributed by atoms with Crippen molar-refractivity contribution in [2.75, 3.05) is 13.1 Å². The van der Waals surface area contributed by atoms with E-state index in [1.54, 1.807) is 13.8 Å². The van der Waals surface area contributed by atoms with Gasteiger partial charge in [0.2, 0.25) is 0 Å². The topological polar surface area (TPSA) is 74.8 Å². The lowest BCUT2D eigenvalue weighted by atomic mass is 9.80. The van der Waals surface area contributed by atoms with Crippen LogP contribution in [-0.2, 0) is 5.92 Å². The second-order valence-corrected chi connectivity index (χ2v) is 9.71. The molecule has 0 saturated carbocycles. The van der Waals surface area contributed by atoms with Crippen molar-refractivity contribution in [3.63, 3.8) is 0 Å². The molecule has 2 aliphatic rings. The minimum atomic E-state index is -7.28. The van der Waals surface area contributed by atoms with Crippen LogP contribution in [0.25, 0.3) is 10.8 Å². The van der Waals surface area contributed by atoms with Gasteiger partial charge in [0.25, 0.3) is 23.6 Å². The van der Waals surface area contributed by atoms with E-state index < -0.39 is 87.1 Å². The molecule has 2 heterocycles. The number of carbonyl (C=O) groups excluding carboxylic acids is 4. The average Bonchev–Trinajstić information content (AvgIpc) is 2.89. The molecule has 15 heteroatoms. The molecule has 0 radical (unpaired) electrons. The molecule has 2 aromatic carbocycles. The van der Waals surface area contributed by atoms with Gasteiger partial charge in [0, 0.05) is 46.1 Å². The second-order valence-electron chi connectivity index (χ2n) is 9.71. The number of unbranched alkanes of at least 4 members (excludes halogenated alkanes) is 2. The summed E-state index contributed by atoms with van der Waals surface area (Å²) in [5, 5.41) is -1.41. The second kappa shape index (κ2) is 9.72. The minimum absolute atomic E-state index is 0.0509. The normalized spacial score (nSPS) is 16.4. The Kier molecular flexibility index (Phi) is 7.19. The molecule has 0 aromatic heterocycles. The van der Waals surface area contributed by atoms with Crippen LogP contribution in [0.1, 0.15) is 86.5 Å². The van der Waals surface area contributed by atoms with Gasteiger partial charge in [-0.2, -0.15) is 39.5 Å². The molecule has 41 heavy (non-hydrogen) atoms. The highest BCUT2D eigenvalue weighted by Gasteiger charge is 2.82. The first-order valence-corrected chi connectivity index (χ1v) is 12.4. The Hall–Kier alpha value is -3.65. The highest BCUT2D eigenvalue weighted by molar-refractivity contribution is 6.33. The van der Waals surface area contributed by atoms with Crippen molar-refractivity contribution in [3.8, 4) is 0 Å². The fraction of sp³-hybridized carbons (Fsp3) is 0.462. The zero-order valence-corrected chi connectivity index (χ0v) is 21.4. The lowest BCUT2D eigenvalue weighted by Gasteiger charge is -2.37. The standard InChI is InChI=1S/C26H21F9N2O4/c1-3-5-9-36-19(38)12-7-8-13-17-16(12)14(21(36)40)11-15(18(17)22(41)37(20(13)39)10-6-4-2)23(27,28)24(29,30)25(31,32)26(33,34)35/h7-8,11H,3-6,9-10H2,1-2H3. The predicted octanol–water partition coefficient (Wildman–Crippen LogP) is 6.56. The highest BCUT2D eigenvalue weighted by atomic mass is 19.4. The van der Waals surface area contributed by atoms with Crippen molar-refractivity contribution in [2.24, 2.45) is 0 Å². The molecular weight excluding hydrogens is 575 g/mol. The van der Waals surface area contributed by atoms with Crippen molar-refractivity contribution >= 4 is 34.4 Å². The molecule has 2 aliphatic heterocycles. The fourth-order valence-electron chi connectivity index (χ4n) is 4.90. The van der Waals surface area contributed by atoms with Crippen molar-refractivity contribution in [3.05, 3.63) is 46.0 Å². The number of imide groups is 2. The summed E-state index contributed by atoms with van der Waals surface area (Å²) in [5.41, 5.74) is -5.67. The Labute approximate surface area is 226 Å². The van der Waals surface area contributed by atoms with Crippen molar-refractivity contribution in [1.29, 1.82) is 0 Å². The summed E-state index contributed by atoms with van der Waals surface area (Å²) in [5.74, 6) is -25.9. The van der Waals surface area contributed by atoms with Gasteiger partial charge in [-0.25, -0.2) is 0 Å². The molecule has 0 fully saturated rings. The summed E-state index contributed by atoms with van der Waals surface area (Å²) in [6, 6.07) is 1.94. The van der Waals surface area contributed by atoms with Crippen LogP contribution < -0.4 is 0 Å². The molecule has 2 aromatic rings. The third kappa shape index (κ3) is 4.09. The van der Waals surface area contributed by atoms with Crippen LogP contribution in [0.5, 0.6) is 0 Å². The summed E-state index contributed by atoms with van der Waals surface area (Å²) in [4.78, 5) is 53.9. The number of rotatable bonds is 9. The number of halogens is 9. The average molecular weight is 596 g/mol. The Morgan fingerprint density at radius 1 is 0.610 bits per heavy atom. The van der Waals surface area contributed by atoms with E-state index in [1.165, 1.54) is 0 Å². The van der Waals surface area contributed by atoms with Crippen LogP contribution in [-0.4, -0.2) is 64.5 Å². The largest absolute Gasteiger partial charge is 0.460 e. The SMILES string of the molecule is CCCCN1C(=O)c2ccc3c4c(c(C(F)(F)C(F)(F)C(F)(F)C(F)(F)F)cc(c24)C1=O)C(=O)N(CCCC)C3=O. The Bertz CT molecular complexity index is 1480. The molecule has 0 atom stereocenters. The van der Waals surface area contributed by atoms with Gasteiger partial charge in [-0.15, -0.1) is 0 Å². The fourth-order valence-corrected chi connectivity index (χ4v) is 4.90. The smallest absolute Gasteiger partial charge is 0.274 e. The molecule has 0 N–H and O–H groups in total. The minimum Gasteiger partial charge on any atom is -0.274 e. The molecular formula is C26H21F9N2O4. The molecule has 222 valence electrons. The first kappa shape index (κ1) is 30.3. The van der Waals surface area contributed by atoms with Crippen LogP contribution in [0, 0.1) is 0 Å².